The highest BCUT2D eigenvalue weighted by atomic mass is 28.3. The molecule has 0 radical (unpaired) electrons. The van der Waals surface area contributed by atoms with Crippen molar-refractivity contribution in [1.29, 1.82) is 0 Å². The van der Waals surface area contributed by atoms with Gasteiger partial charge in [0.25, 0.3) is 0 Å². The molecule has 3 heteroatoms. The standard InChI is InChI=1S/C21H28O2Si/c1-4-20(24(2,3)21-13-9-6-10-14-21)15-19(22)17-23-16-18-11-7-5-8-12-18/h4-14,19-20,22H,1,15-17H2,2-3H3. The first-order chi connectivity index (χ1) is 11.5. The van der Waals surface area contributed by atoms with Gasteiger partial charge in [-0.25, -0.2) is 0 Å². The van der Waals surface area contributed by atoms with Gasteiger partial charge < -0.3 is 9.84 Å². The van der Waals surface area contributed by atoms with E-state index in [1.54, 1.807) is 0 Å². The van der Waals surface area contributed by atoms with Crippen LogP contribution in [0, 0.1) is 0 Å². The number of aliphatic hydroxyl groups is 1. The van der Waals surface area contributed by atoms with Gasteiger partial charge in [-0.1, -0.05) is 85.0 Å². The van der Waals surface area contributed by atoms with Crippen molar-refractivity contribution in [3.05, 3.63) is 78.9 Å². The second kappa shape index (κ2) is 8.97. The molecule has 2 rings (SSSR count). The Hall–Kier alpha value is -1.68. The highest BCUT2D eigenvalue weighted by Crippen LogP contribution is 2.28. The smallest absolute Gasteiger partial charge is 0.0874 e. The van der Waals surface area contributed by atoms with Gasteiger partial charge in [0, 0.05) is 0 Å². The highest BCUT2D eigenvalue weighted by Gasteiger charge is 2.32. The number of allylic oxidation sites excluding steroid dienone is 1. The lowest BCUT2D eigenvalue weighted by Crippen LogP contribution is -2.46. The van der Waals surface area contributed by atoms with Crippen molar-refractivity contribution in [3.8, 4) is 0 Å². The molecule has 0 saturated heterocycles. The van der Waals surface area contributed by atoms with Gasteiger partial charge in [0.05, 0.1) is 27.4 Å². The summed E-state index contributed by atoms with van der Waals surface area (Å²) in [6, 6.07) is 20.7. The average Bonchev–Trinajstić information content (AvgIpc) is 2.61. The fourth-order valence-corrected chi connectivity index (χ4v) is 5.95. The van der Waals surface area contributed by atoms with E-state index in [9.17, 15) is 5.11 Å². The van der Waals surface area contributed by atoms with E-state index < -0.39 is 14.2 Å². The second-order valence-electron chi connectivity index (χ2n) is 6.82. The molecule has 2 nitrogen and oxygen atoms in total. The van der Waals surface area contributed by atoms with Crippen molar-refractivity contribution in [2.75, 3.05) is 6.61 Å². The molecule has 2 aromatic rings. The Labute approximate surface area is 146 Å². The molecule has 0 aliphatic rings. The largest absolute Gasteiger partial charge is 0.391 e. The zero-order valence-corrected chi connectivity index (χ0v) is 15.7. The van der Waals surface area contributed by atoms with Crippen LogP contribution in [0.15, 0.2) is 73.3 Å². The molecule has 0 heterocycles. The van der Waals surface area contributed by atoms with Crippen molar-refractivity contribution in [1.82, 2.24) is 0 Å². The lowest BCUT2D eigenvalue weighted by atomic mass is 10.2. The van der Waals surface area contributed by atoms with Crippen LogP contribution in [0.4, 0.5) is 0 Å². The molecule has 0 aliphatic heterocycles. The number of rotatable bonds is 9. The summed E-state index contributed by atoms with van der Waals surface area (Å²) >= 11 is 0. The van der Waals surface area contributed by atoms with Crippen LogP contribution in [-0.2, 0) is 11.3 Å². The molecule has 0 saturated carbocycles. The first-order valence-corrected chi connectivity index (χ1v) is 11.6. The van der Waals surface area contributed by atoms with Gasteiger partial charge in [0.1, 0.15) is 0 Å². The van der Waals surface area contributed by atoms with Gasteiger partial charge in [-0.2, -0.15) is 0 Å². The van der Waals surface area contributed by atoms with Gasteiger partial charge in [0.15, 0.2) is 0 Å². The van der Waals surface area contributed by atoms with Gasteiger partial charge in [-0.15, -0.1) is 6.58 Å². The predicted molar refractivity (Wildman–Crippen MR) is 104 cm³/mol. The summed E-state index contributed by atoms with van der Waals surface area (Å²) in [5.41, 5.74) is 1.44. The van der Waals surface area contributed by atoms with Gasteiger partial charge in [-0.05, 0) is 17.5 Å². The van der Waals surface area contributed by atoms with Gasteiger partial charge in [-0.3, -0.25) is 0 Å². The molecule has 0 bridgehead atoms. The van der Waals surface area contributed by atoms with E-state index in [0.29, 0.717) is 25.2 Å². The Balaban J connectivity index is 1.88. The number of aliphatic hydroxyl groups excluding tert-OH is 1. The lowest BCUT2D eigenvalue weighted by molar-refractivity contribution is 0.0249. The quantitative estimate of drug-likeness (QED) is 0.549. The Morgan fingerprint density at radius 3 is 2.21 bits per heavy atom. The maximum Gasteiger partial charge on any atom is 0.0874 e. The maximum atomic E-state index is 10.4. The average molecular weight is 341 g/mol. The molecule has 2 aromatic carbocycles. The van der Waals surface area contributed by atoms with Crippen LogP contribution in [0.5, 0.6) is 0 Å². The van der Waals surface area contributed by atoms with E-state index >= 15 is 0 Å². The minimum atomic E-state index is -1.71. The molecular weight excluding hydrogens is 312 g/mol. The summed E-state index contributed by atoms with van der Waals surface area (Å²) in [5.74, 6) is 0. The van der Waals surface area contributed by atoms with Crippen LogP contribution < -0.4 is 5.19 Å². The minimum Gasteiger partial charge on any atom is -0.391 e. The topological polar surface area (TPSA) is 29.5 Å². The molecule has 2 atom stereocenters. The van der Waals surface area contributed by atoms with Crippen LogP contribution in [0.25, 0.3) is 0 Å². The predicted octanol–water partition coefficient (Wildman–Crippen LogP) is 4.13. The van der Waals surface area contributed by atoms with Crippen LogP contribution in [-0.4, -0.2) is 25.9 Å². The van der Waals surface area contributed by atoms with E-state index in [1.165, 1.54) is 5.19 Å². The third-order valence-corrected chi connectivity index (χ3v) is 8.82. The normalized spacial score (nSPS) is 14.1. The Morgan fingerprint density at radius 1 is 1.04 bits per heavy atom. The third-order valence-electron chi connectivity index (χ3n) is 4.68. The minimum absolute atomic E-state index is 0.315. The van der Waals surface area contributed by atoms with Crippen molar-refractivity contribution < 1.29 is 9.84 Å². The third kappa shape index (κ3) is 5.16. The molecular formula is C21H28O2Si. The van der Waals surface area contributed by atoms with Crippen molar-refractivity contribution in [2.45, 2.75) is 37.8 Å². The Morgan fingerprint density at radius 2 is 1.62 bits per heavy atom. The first kappa shape index (κ1) is 18.7. The van der Waals surface area contributed by atoms with Gasteiger partial charge >= 0.3 is 0 Å². The fourth-order valence-electron chi connectivity index (χ4n) is 3.02. The van der Waals surface area contributed by atoms with Crippen molar-refractivity contribution in [2.24, 2.45) is 0 Å². The fraction of sp³-hybridized carbons (Fsp3) is 0.333. The van der Waals surface area contributed by atoms with Crippen LogP contribution in [0.2, 0.25) is 18.6 Å². The highest BCUT2D eigenvalue weighted by molar-refractivity contribution is 6.91. The van der Waals surface area contributed by atoms with Crippen molar-refractivity contribution in [3.63, 3.8) is 0 Å². The Kier molecular flexibility index (Phi) is 6.97. The first-order valence-electron chi connectivity index (χ1n) is 8.52. The Bertz CT molecular complexity index is 610. The summed E-state index contributed by atoms with van der Waals surface area (Å²) in [7, 11) is -1.71. The van der Waals surface area contributed by atoms with E-state index in [4.69, 9.17) is 4.74 Å². The molecule has 1 N–H and O–H groups in total. The lowest BCUT2D eigenvalue weighted by Gasteiger charge is -2.32. The van der Waals surface area contributed by atoms with Crippen LogP contribution >= 0.6 is 0 Å². The molecule has 0 aliphatic carbocycles. The molecule has 0 spiro atoms. The van der Waals surface area contributed by atoms with E-state index in [0.717, 1.165) is 5.56 Å². The summed E-state index contributed by atoms with van der Waals surface area (Å²) < 4.78 is 5.68. The van der Waals surface area contributed by atoms with Crippen LogP contribution in [0.1, 0.15) is 12.0 Å². The molecule has 0 amide bonds. The summed E-state index contributed by atoms with van der Waals surface area (Å²) in [6.07, 6.45) is 2.25. The zero-order chi connectivity index (χ0) is 17.4. The monoisotopic (exact) mass is 340 g/mol. The summed E-state index contributed by atoms with van der Waals surface area (Å²) in [5, 5.41) is 11.8. The molecule has 24 heavy (non-hydrogen) atoms. The van der Waals surface area contributed by atoms with Gasteiger partial charge in [0.2, 0.25) is 0 Å². The SMILES string of the molecule is C=CC(CC(O)COCc1ccccc1)[Si](C)(C)c1ccccc1. The molecule has 0 fully saturated rings. The van der Waals surface area contributed by atoms with E-state index in [-0.39, 0.29) is 0 Å². The summed E-state index contributed by atoms with van der Waals surface area (Å²) in [6.45, 7) is 9.59. The summed E-state index contributed by atoms with van der Waals surface area (Å²) in [4.78, 5) is 0. The number of hydrogen-bond donors (Lipinski definition) is 1. The number of ether oxygens (including phenoxy) is 1. The number of benzene rings is 2. The van der Waals surface area contributed by atoms with E-state index in [1.807, 2.05) is 42.5 Å². The maximum absolute atomic E-state index is 10.4. The second-order valence-corrected chi connectivity index (χ2v) is 11.6. The molecule has 0 aromatic heterocycles. The van der Waals surface area contributed by atoms with E-state index in [2.05, 4.69) is 43.9 Å². The molecule has 2 unspecified atom stereocenters. The zero-order valence-electron chi connectivity index (χ0n) is 14.7. The number of hydrogen-bond acceptors (Lipinski definition) is 2. The van der Waals surface area contributed by atoms with Crippen LogP contribution in [0.3, 0.4) is 0 Å². The molecule has 128 valence electrons. The van der Waals surface area contributed by atoms with Crippen molar-refractivity contribution >= 4 is 13.3 Å².